The first kappa shape index (κ1) is 16.9. The summed E-state index contributed by atoms with van der Waals surface area (Å²) in [6.07, 6.45) is 0.930. The molecule has 1 amide bonds. The largest absolute Gasteiger partial charge is 0.481 e. The second kappa shape index (κ2) is 6.52. The molecule has 1 aromatic rings. The van der Waals surface area contributed by atoms with E-state index in [4.69, 9.17) is 5.11 Å². The molecule has 0 spiro atoms. The van der Waals surface area contributed by atoms with Gasteiger partial charge in [-0.3, -0.25) is 9.59 Å². The summed E-state index contributed by atoms with van der Waals surface area (Å²) in [4.78, 5) is 25.1. The highest BCUT2D eigenvalue weighted by molar-refractivity contribution is 7.89. The fourth-order valence-electron chi connectivity index (χ4n) is 3.07. The number of rotatable bonds is 4. The number of carboxylic acid groups (broad SMARTS) is 1. The van der Waals surface area contributed by atoms with Crippen LogP contribution in [0.3, 0.4) is 0 Å². The van der Waals surface area contributed by atoms with Crippen LogP contribution in [0.25, 0.3) is 0 Å². The smallest absolute Gasteiger partial charge is 0.307 e. The van der Waals surface area contributed by atoms with Crippen LogP contribution >= 0.6 is 0 Å². The second-order valence-electron chi connectivity index (χ2n) is 6.18. The van der Waals surface area contributed by atoms with Crippen molar-refractivity contribution in [1.82, 2.24) is 9.21 Å². The highest BCUT2D eigenvalue weighted by Gasteiger charge is 2.49. The lowest BCUT2D eigenvalue weighted by Crippen LogP contribution is -2.38. The predicted molar refractivity (Wildman–Crippen MR) is 85.6 cm³/mol. The van der Waals surface area contributed by atoms with Crippen molar-refractivity contribution in [2.45, 2.75) is 17.7 Å². The van der Waals surface area contributed by atoms with Gasteiger partial charge in [0.15, 0.2) is 0 Å². The van der Waals surface area contributed by atoms with Gasteiger partial charge in [-0.05, 0) is 25.0 Å². The molecule has 1 saturated carbocycles. The van der Waals surface area contributed by atoms with Crippen molar-refractivity contribution in [3.05, 3.63) is 30.3 Å². The summed E-state index contributed by atoms with van der Waals surface area (Å²) < 4.78 is 26.7. The number of hydrogen-bond donors (Lipinski definition) is 1. The predicted octanol–water partition coefficient (Wildman–Crippen LogP) is 0.630. The Morgan fingerprint density at radius 2 is 1.71 bits per heavy atom. The Hall–Kier alpha value is -1.93. The fourth-order valence-corrected chi connectivity index (χ4v) is 4.56. The van der Waals surface area contributed by atoms with Gasteiger partial charge in [-0.2, -0.15) is 4.31 Å². The van der Waals surface area contributed by atoms with E-state index in [0.29, 0.717) is 32.5 Å². The molecule has 0 radical (unpaired) electrons. The summed E-state index contributed by atoms with van der Waals surface area (Å²) in [5.74, 6) is -2.12. The lowest BCUT2D eigenvalue weighted by atomic mass is 10.2. The standard InChI is InChI=1S/C16H20N2O5S/c19-15(13-11-14(13)16(20)21)17-7-4-8-18(10-9-17)24(22,23)12-5-2-1-3-6-12/h1-3,5-6,13-14H,4,7-11H2,(H,20,21). The van der Waals surface area contributed by atoms with E-state index < -0.39 is 27.8 Å². The highest BCUT2D eigenvalue weighted by atomic mass is 32.2. The number of amides is 1. The molecular formula is C16H20N2O5S. The molecular weight excluding hydrogens is 332 g/mol. The van der Waals surface area contributed by atoms with E-state index in [1.807, 2.05) is 0 Å². The normalized spacial score (nSPS) is 25.1. The van der Waals surface area contributed by atoms with Crippen molar-refractivity contribution in [1.29, 1.82) is 0 Å². The van der Waals surface area contributed by atoms with E-state index in [-0.39, 0.29) is 17.3 Å². The first-order chi connectivity index (χ1) is 11.4. The van der Waals surface area contributed by atoms with E-state index in [0.717, 1.165) is 0 Å². The fraction of sp³-hybridized carbons (Fsp3) is 0.500. The van der Waals surface area contributed by atoms with E-state index in [1.165, 1.54) is 4.31 Å². The quantitative estimate of drug-likeness (QED) is 0.858. The summed E-state index contributed by atoms with van der Waals surface area (Å²) in [5.41, 5.74) is 0. The number of aliphatic carboxylic acids is 1. The number of carbonyl (C=O) groups is 2. The molecule has 1 aliphatic heterocycles. The molecule has 2 unspecified atom stereocenters. The monoisotopic (exact) mass is 352 g/mol. The third-order valence-corrected chi connectivity index (χ3v) is 6.49. The first-order valence-corrected chi connectivity index (χ1v) is 9.42. The number of sulfonamides is 1. The van der Waals surface area contributed by atoms with Gasteiger partial charge in [-0.25, -0.2) is 8.42 Å². The van der Waals surface area contributed by atoms with Crippen molar-refractivity contribution in [2.75, 3.05) is 26.2 Å². The average molecular weight is 352 g/mol. The van der Waals surface area contributed by atoms with Crippen molar-refractivity contribution in [3.8, 4) is 0 Å². The Balaban J connectivity index is 1.65. The van der Waals surface area contributed by atoms with Crippen LogP contribution in [-0.4, -0.2) is 60.8 Å². The molecule has 1 aliphatic carbocycles. The van der Waals surface area contributed by atoms with Crippen molar-refractivity contribution in [3.63, 3.8) is 0 Å². The SMILES string of the molecule is O=C(O)C1CC1C(=O)N1CCCN(S(=O)(=O)c2ccccc2)CC1. The molecule has 2 fully saturated rings. The topological polar surface area (TPSA) is 95.0 Å². The van der Waals surface area contributed by atoms with E-state index in [1.54, 1.807) is 35.2 Å². The van der Waals surface area contributed by atoms with E-state index in [9.17, 15) is 18.0 Å². The summed E-state index contributed by atoms with van der Waals surface area (Å²) in [7, 11) is -3.56. The molecule has 2 aliphatic rings. The maximum atomic E-state index is 12.6. The Morgan fingerprint density at radius 3 is 2.33 bits per heavy atom. The zero-order valence-corrected chi connectivity index (χ0v) is 14.0. The molecule has 1 saturated heterocycles. The lowest BCUT2D eigenvalue weighted by Gasteiger charge is -2.22. The molecule has 3 rings (SSSR count). The highest BCUT2D eigenvalue weighted by Crippen LogP contribution is 2.40. The van der Waals surface area contributed by atoms with Gasteiger partial charge in [-0.1, -0.05) is 18.2 Å². The van der Waals surface area contributed by atoms with Crippen LogP contribution in [0.15, 0.2) is 35.2 Å². The maximum Gasteiger partial charge on any atom is 0.307 e. The van der Waals surface area contributed by atoms with Gasteiger partial charge in [0.1, 0.15) is 0 Å². The van der Waals surface area contributed by atoms with Crippen LogP contribution in [0, 0.1) is 11.8 Å². The molecule has 24 heavy (non-hydrogen) atoms. The van der Waals surface area contributed by atoms with Crippen LogP contribution in [0.5, 0.6) is 0 Å². The lowest BCUT2D eigenvalue weighted by molar-refractivity contribution is -0.141. The molecule has 8 heteroatoms. The number of nitrogens with zero attached hydrogens (tertiary/aromatic N) is 2. The third-order valence-electron chi connectivity index (χ3n) is 4.57. The van der Waals surface area contributed by atoms with Crippen molar-refractivity contribution in [2.24, 2.45) is 11.8 Å². The molecule has 0 bridgehead atoms. The van der Waals surface area contributed by atoms with Gasteiger partial charge in [0.05, 0.1) is 16.7 Å². The van der Waals surface area contributed by atoms with Crippen LogP contribution < -0.4 is 0 Å². The van der Waals surface area contributed by atoms with Crippen LogP contribution in [-0.2, 0) is 19.6 Å². The summed E-state index contributed by atoms with van der Waals surface area (Å²) in [6.45, 7) is 1.34. The second-order valence-corrected chi connectivity index (χ2v) is 8.12. The molecule has 7 nitrogen and oxygen atoms in total. The number of benzene rings is 1. The zero-order valence-electron chi connectivity index (χ0n) is 13.2. The van der Waals surface area contributed by atoms with Crippen LogP contribution in [0.1, 0.15) is 12.8 Å². The molecule has 0 aromatic heterocycles. The van der Waals surface area contributed by atoms with Gasteiger partial charge in [-0.15, -0.1) is 0 Å². The first-order valence-electron chi connectivity index (χ1n) is 7.98. The van der Waals surface area contributed by atoms with Crippen LogP contribution in [0.2, 0.25) is 0 Å². The minimum Gasteiger partial charge on any atom is -0.481 e. The molecule has 130 valence electrons. The van der Waals surface area contributed by atoms with E-state index in [2.05, 4.69) is 0 Å². The van der Waals surface area contributed by atoms with Gasteiger partial charge in [0.25, 0.3) is 0 Å². The van der Waals surface area contributed by atoms with E-state index >= 15 is 0 Å². The minimum absolute atomic E-state index is 0.165. The Morgan fingerprint density at radius 1 is 1.00 bits per heavy atom. The molecule has 1 heterocycles. The van der Waals surface area contributed by atoms with Gasteiger partial charge in [0.2, 0.25) is 15.9 Å². The number of hydrogen-bond acceptors (Lipinski definition) is 4. The molecule has 1 N–H and O–H groups in total. The summed E-state index contributed by atoms with van der Waals surface area (Å²) in [5, 5.41) is 8.94. The molecule has 2 atom stereocenters. The van der Waals surface area contributed by atoms with Crippen molar-refractivity contribution >= 4 is 21.9 Å². The average Bonchev–Trinajstić information content (AvgIpc) is 3.38. The number of carboxylic acids is 1. The van der Waals surface area contributed by atoms with Gasteiger partial charge < -0.3 is 10.0 Å². The zero-order chi connectivity index (χ0) is 17.3. The van der Waals surface area contributed by atoms with Crippen molar-refractivity contribution < 1.29 is 23.1 Å². The Kier molecular flexibility index (Phi) is 4.60. The Bertz CT molecular complexity index is 734. The minimum atomic E-state index is -3.56. The maximum absolute atomic E-state index is 12.6. The van der Waals surface area contributed by atoms with Gasteiger partial charge >= 0.3 is 5.97 Å². The summed E-state index contributed by atoms with van der Waals surface area (Å²) >= 11 is 0. The summed E-state index contributed by atoms with van der Waals surface area (Å²) in [6, 6.07) is 8.24. The Labute approximate surface area is 140 Å². The van der Waals surface area contributed by atoms with Gasteiger partial charge in [0, 0.05) is 26.2 Å². The number of carbonyl (C=O) groups excluding carboxylic acids is 1. The van der Waals surface area contributed by atoms with Crippen LogP contribution in [0.4, 0.5) is 0 Å². The third kappa shape index (κ3) is 3.29. The molecule has 1 aromatic carbocycles.